The average Bonchev–Trinajstić information content (AvgIpc) is 4.35. The number of halogens is 7. The number of carboxylic acid groups (broad SMARTS) is 1. The third kappa shape index (κ3) is 16.6. The van der Waals surface area contributed by atoms with E-state index in [0.29, 0.717) is 65.4 Å². The molecule has 7 aromatic rings. The molecule has 0 bridgehead atoms. The number of aryl methyl sites for hydroxylation is 5. The summed E-state index contributed by atoms with van der Waals surface area (Å²) in [5.74, 6) is -0.370. The first-order valence-electron chi connectivity index (χ1n) is 27.2. The van der Waals surface area contributed by atoms with E-state index < -0.39 is 29.7 Å². The molecular weight excluding hydrogens is 1160 g/mol. The van der Waals surface area contributed by atoms with Crippen molar-refractivity contribution >= 4 is 72.8 Å². The van der Waals surface area contributed by atoms with Crippen LogP contribution >= 0.6 is 15.9 Å². The zero-order chi connectivity index (χ0) is 59.0. The van der Waals surface area contributed by atoms with E-state index in [4.69, 9.17) is 28.4 Å². The Hall–Kier alpha value is -7.49. The molecule has 3 aliphatic rings. The summed E-state index contributed by atoms with van der Waals surface area (Å²) in [5, 5.41) is 22.5. The number of esters is 2. The zero-order valence-electron chi connectivity index (χ0n) is 46.0. The van der Waals surface area contributed by atoms with Crippen LogP contribution in [-0.2, 0) is 53.9 Å². The fourth-order valence-corrected chi connectivity index (χ4v) is 10.1. The standard InChI is InChI=1S/C25H27F3N2O4.C14H15BrF3NO2.C11H13NO2.C10H11NO2.CH4/c1-3-6-18-21(11-9-19-22(18)34-29-23(19)25(26,27)28)33-14-5-13-30-12-4-7-16-15-17(24(31)32-2)8-10-20(16)30;1-2-4-9-11(20-8-3-7-15)6-5-10-12(9)21-19-13(10)14(16,17)18;1-14-11(13)9-4-5-10-8(7-9)3-2-6-12-10;12-10(13)8-3-4-9-7(6-8)2-1-5-11-9;/h8-11,15H,3-7,12-14H2,1-2H3;5-6H,2-4,7-8H2,1H3;4-5,7,12H,2-3,6H2,1H3;3-4,6,11H,1-2,5H2,(H,12,13);1H4. The van der Waals surface area contributed by atoms with Gasteiger partial charge in [-0.2, -0.15) is 26.3 Å². The number of rotatable bonds is 16. The molecule has 3 N–H and O–H groups in total. The van der Waals surface area contributed by atoms with Crippen molar-refractivity contribution in [2.24, 2.45) is 0 Å². The second-order valence-electron chi connectivity index (χ2n) is 19.5. The molecule has 22 heteroatoms. The quantitative estimate of drug-likeness (QED) is 0.0359. The number of carbonyl (C=O) groups excluding carboxylic acids is 2. The summed E-state index contributed by atoms with van der Waals surface area (Å²) < 4.78 is 109. The average molecular weight is 1230 g/mol. The number of aromatic carboxylic acids is 1. The number of fused-ring (bicyclic) bond motifs is 5. The molecule has 2 aromatic heterocycles. The third-order valence-electron chi connectivity index (χ3n) is 13.8. The SMILES string of the molecule is C.CCCc1c(OCCCBr)ccc2c(C(F)(F)F)noc12.CCCc1c(OCCCN2CCCc3cc(C(=O)OC)ccc32)ccc2c(C(F)(F)F)noc12.COC(=O)c1ccc2c(c1)CCCN2.O=C(O)c1ccc2c(c1)CCCN2. The number of hydrogen-bond donors (Lipinski definition) is 3. The summed E-state index contributed by atoms with van der Waals surface area (Å²) in [7, 11) is 2.77. The van der Waals surface area contributed by atoms with Crippen LogP contribution in [0.4, 0.5) is 43.4 Å². The number of nitrogens with one attached hydrogen (secondary N) is 2. The van der Waals surface area contributed by atoms with Gasteiger partial charge in [0.1, 0.15) is 11.5 Å². The number of methoxy groups -OCH3 is 2. The van der Waals surface area contributed by atoms with Crippen LogP contribution < -0.4 is 25.0 Å². The largest absolute Gasteiger partial charge is 0.493 e. The van der Waals surface area contributed by atoms with Crippen LogP contribution in [-0.4, -0.2) is 92.3 Å². The first-order valence-corrected chi connectivity index (χ1v) is 28.3. The van der Waals surface area contributed by atoms with Gasteiger partial charge in [-0.1, -0.05) is 60.4 Å². The normalized spacial score (nSPS) is 13.3. The topological polar surface area (TPSA) is 188 Å². The molecule has 448 valence electrons. The van der Waals surface area contributed by atoms with Gasteiger partial charge in [-0.15, -0.1) is 0 Å². The fourth-order valence-electron chi connectivity index (χ4n) is 9.89. The predicted octanol–water partition coefficient (Wildman–Crippen LogP) is 15.0. The van der Waals surface area contributed by atoms with Gasteiger partial charge in [0.05, 0.1) is 54.9 Å². The lowest BCUT2D eigenvalue weighted by Crippen LogP contribution is -2.31. The lowest BCUT2D eigenvalue weighted by Gasteiger charge is -2.31. The molecule has 3 aliphatic heterocycles. The van der Waals surface area contributed by atoms with Gasteiger partial charge in [-0.25, -0.2) is 14.4 Å². The van der Waals surface area contributed by atoms with E-state index in [0.717, 1.165) is 124 Å². The monoisotopic (exact) mass is 1230 g/mol. The molecule has 0 unspecified atom stereocenters. The van der Waals surface area contributed by atoms with Crippen molar-refractivity contribution in [3.63, 3.8) is 0 Å². The smallest absolute Gasteiger partial charge is 0.437 e. The predicted molar refractivity (Wildman–Crippen MR) is 310 cm³/mol. The van der Waals surface area contributed by atoms with Crippen LogP contribution in [0.5, 0.6) is 11.5 Å². The summed E-state index contributed by atoms with van der Waals surface area (Å²) in [4.78, 5) is 36.0. The Labute approximate surface area is 486 Å². The van der Waals surface area contributed by atoms with Gasteiger partial charge in [-0.05, 0) is 160 Å². The molecule has 0 spiro atoms. The molecule has 0 aliphatic carbocycles. The van der Waals surface area contributed by atoms with Crippen molar-refractivity contribution in [1.29, 1.82) is 0 Å². The zero-order valence-corrected chi connectivity index (χ0v) is 47.6. The minimum atomic E-state index is -4.57. The maximum absolute atomic E-state index is 13.2. The summed E-state index contributed by atoms with van der Waals surface area (Å²) >= 11 is 3.30. The molecule has 15 nitrogen and oxygen atoms in total. The number of alkyl halides is 7. The fraction of sp³-hybridized carbons (Fsp3) is 0.426. The van der Waals surface area contributed by atoms with E-state index in [9.17, 15) is 40.7 Å². The summed E-state index contributed by atoms with van der Waals surface area (Å²) in [6.07, 6.45) is 1.17. The van der Waals surface area contributed by atoms with Crippen LogP contribution in [0.15, 0.2) is 87.9 Å². The second kappa shape index (κ2) is 30.2. The van der Waals surface area contributed by atoms with Crippen LogP contribution in [0.2, 0.25) is 0 Å². The Morgan fingerprint density at radius 3 is 1.57 bits per heavy atom. The maximum Gasteiger partial charge on any atom is 0.437 e. The Morgan fingerprint density at radius 1 is 0.639 bits per heavy atom. The van der Waals surface area contributed by atoms with Gasteiger partial charge >= 0.3 is 30.3 Å². The molecule has 10 rings (SSSR count). The molecule has 0 amide bonds. The molecular formula is C61H70BrF6N5O10. The summed E-state index contributed by atoms with van der Waals surface area (Å²) in [6, 6.07) is 22.4. The van der Waals surface area contributed by atoms with Gasteiger partial charge in [0.25, 0.3) is 0 Å². The van der Waals surface area contributed by atoms with Crippen molar-refractivity contribution in [2.75, 3.05) is 74.5 Å². The highest BCUT2D eigenvalue weighted by atomic mass is 79.9. The van der Waals surface area contributed by atoms with Crippen LogP contribution in [0.3, 0.4) is 0 Å². The Morgan fingerprint density at radius 2 is 1.10 bits per heavy atom. The lowest BCUT2D eigenvalue weighted by molar-refractivity contribution is -0.142. The van der Waals surface area contributed by atoms with Crippen molar-refractivity contribution in [3.05, 3.63) is 135 Å². The van der Waals surface area contributed by atoms with Gasteiger partial charge < -0.3 is 48.6 Å². The van der Waals surface area contributed by atoms with Crippen molar-refractivity contribution < 1.29 is 73.8 Å². The first-order chi connectivity index (χ1) is 39.4. The maximum atomic E-state index is 13.2. The molecule has 83 heavy (non-hydrogen) atoms. The van der Waals surface area contributed by atoms with E-state index in [1.54, 1.807) is 36.4 Å². The van der Waals surface area contributed by atoms with Gasteiger partial charge in [0.15, 0.2) is 22.6 Å². The van der Waals surface area contributed by atoms with E-state index in [1.807, 2.05) is 44.2 Å². The first kappa shape index (κ1) is 64.7. The highest BCUT2D eigenvalue weighted by molar-refractivity contribution is 9.09. The summed E-state index contributed by atoms with van der Waals surface area (Å²) in [5.41, 5.74) is 7.90. The number of carbonyl (C=O) groups is 3. The van der Waals surface area contributed by atoms with Crippen LogP contribution in [0, 0.1) is 0 Å². The number of aromatic nitrogens is 2. The number of benzene rings is 5. The number of nitrogens with zero attached hydrogens (tertiary/aromatic N) is 3. The highest BCUT2D eigenvalue weighted by Gasteiger charge is 2.39. The second-order valence-corrected chi connectivity index (χ2v) is 20.3. The lowest BCUT2D eigenvalue weighted by atomic mass is 9.99. The van der Waals surface area contributed by atoms with E-state index >= 15 is 0 Å². The van der Waals surface area contributed by atoms with Gasteiger partial charge in [-0.3, -0.25) is 0 Å². The minimum absolute atomic E-state index is 0. The molecule has 5 aromatic carbocycles. The molecule has 0 fully saturated rings. The molecule has 0 saturated heterocycles. The summed E-state index contributed by atoms with van der Waals surface area (Å²) in [6.45, 7) is 8.48. The number of hydrogen-bond acceptors (Lipinski definition) is 14. The molecule has 0 saturated carbocycles. The van der Waals surface area contributed by atoms with E-state index in [2.05, 4.69) is 46.5 Å². The Balaban J connectivity index is 0.000000192. The van der Waals surface area contributed by atoms with E-state index in [-0.39, 0.29) is 41.3 Å². The van der Waals surface area contributed by atoms with Crippen molar-refractivity contribution in [3.8, 4) is 11.5 Å². The van der Waals surface area contributed by atoms with Crippen LogP contribution in [0.1, 0.15) is 136 Å². The molecule has 5 heterocycles. The van der Waals surface area contributed by atoms with Crippen molar-refractivity contribution in [2.45, 2.75) is 111 Å². The molecule has 0 radical (unpaired) electrons. The van der Waals surface area contributed by atoms with Gasteiger partial charge in [0.2, 0.25) is 0 Å². The van der Waals surface area contributed by atoms with Crippen molar-refractivity contribution in [1.82, 2.24) is 10.3 Å². The minimum Gasteiger partial charge on any atom is -0.493 e. The number of anilines is 3. The third-order valence-corrected chi connectivity index (χ3v) is 14.3. The Kier molecular flexibility index (Phi) is 23.5. The Bertz CT molecular complexity index is 3310. The number of ether oxygens (including phenoxy) is 4. The van der Waals surface area contributed by atoms with E-state index in [1.165, 1.54) is 31.9 Å². The highest BCUT2D eigenvalue weighted by Crippen LogP contribution is 2.40. The number of carboxylic acids is 1. The van der Waals surface area contributed by atoms with Gasteiger partial charge in [0, 0.05) is 59.7 Å². The van der Waals surface area contributed by atoms with Crippen LogP contribution in [0.25, 0.3) is 21.9 Å². The molecule has 0 atom stereocenters.